The third-order valence-electron chi connectivity index (χ3n) is 3.07. The van der Waals surface area contributed by atoms with Crippen LogP contribution < -0.4 is 10.6 Å². The number of amides is 2. The lowest BCUT2D eigenvalue weighted by Crippen LogP contribution is -2.36. The summed E-state index contributed by atoms with van der Waals surface area (Å²) in [5.74, 6) is -0.288. The highest BCUT2D eigenvalue weighted by Crippen LogP contribution is 2.10. The van der Waals surface area contributed by atoms with E-state index in [1.807, 2.05) is 6.07 Å². The van der Waals surface area contributed by atoms with Gasteiger partial charge in [0.15, 0.2) is 5.82 Å². The maximum absolute atomic E-state index is 12.0. The number of carbonyl (C=O) groups is 2. The first-order valence-corrected chi connectivity index (χ1v) is 6.85. The summed E-state index contributed by atoms with van der Waals surface area (Å²) in [5, 5.41) is 5.21. The van der Waals surface area contributed by atoms with E-state index in [-0.39, 0.29) is 24.3 Å². The predicted molar refractivity (Wildman–Crippen MR) is 80.8 cm³/mol. The van der Waals surface area contributed by atoms with Crippen LogP contribution >= 0.6 is 0 Å². The summed E-state index contributed by atoms with van der Waals surface area (Å²) in [6.45, 7) is 1.99. The summed E-state index contributed by atoms with van der Waals surface area (Å²) in [6.07, 6.45) is 4.54. The second-order valence-corrected chi connectivity index (χ2v) is 4.74. The van der Waals surface area contributed by atoms with Crippen LogP contribution in [0.2, 0.25) is 0 Å². The molecule has 114 valence electrons. The molecule has 0 saturated carbocycles. The molecule has 22 heavy (non-hydrogen) atoms. The van der Waals surface area contributed by atoms with Gasteiger partial charge in [-0.3, -0.25) is 14.6 Å². The maximum atomic E-state index is 12.0. The molecule has 0 spiro atoms. The van der Waals surface area contributed by atoms with E-state index >= 15 is 0 Å². The SMILES string of the molecule is CNC(=O)[C@H](C)CNC(=O)c1cnc(-c2ccccn2)nc1. The normalized spacial score (nSPS) is 11.5. The highest BCUT2D eigenvalue weighted by atomic mass is 16.2. The predicted octanol–water partition coefficient (Wildman–Crippen LogP) is 0.650. The minimum atomic E-state index is -0.316. The van der Waals surface area contributed by atoms with E-state index in [9.17, 15) is 9.59 Å². The van der Waals surface area contributed by atoms with Crippen LogP contribution in [0.15, 0.2) is 36.8 Å². The highest BCUT2D eigenvalue weighted by Gasteiger charge is 2.14. The molecule has 0 aliphatic carbocycles. The molecule has 7 heteroatoms. The Bertz CT molecular complexity index is 643. The number of aromatic nitrogens is 3. The van der Waals surface area contributed by atoms with Crippen LogP contribution in [0.4, 0.5) is 0 Å². The van der Waals surface area contributed by atoms with E-state index in [4.69, 9.17) is 0 Å². The van der Waals surface area contributed by atoms with Crippen molar-refractivity contribution < 1.29 is 9.59 Å². The van der Waals surface area contributed by atoms with Crippen molar-refractivity contribution in [1.82, 2.24) is 25.6 Å². The Balaban J connectivity index is 1.98. The van der Waals surface area contributed by atoms with Crippen molar-refractivity contribution in [3.8, 4) is 11.5 Å². The van der Waals surface area contributed by atoms with Crippen LogP contribution in [0.1, 0.15) is 17.3 Å². The molecule has 0 saturated heterocycles. The van der Waals surface area contributed by atoms with Crippen molar-refractivity contribution in [2.75, 3.05) is 13.6 Å². The number of hydrogen-bond donors (Lipinski definition) is 2. The lowest BCUT2D eigenvalue weighted by atomic mass is 10.1. The lowest BCUT2D eigenvalue weighted by molar-refractivity contribution is -0.123. The Morgan fingerprint density at radius 1 is 1.18 bits per heavy atom. The number of nitrogens with one attached hydrogen (secondary N) is 2. The first kappa shape index (κ1) is 15.6. The number of carbonyl (C=O) groups excluding carboxylic acids is 2. The summed E-state index contributed by atoms with van der Waals surface area (Å²) < 4.78 is 0. The van der Waals surface area contributed by atoms with E-state index in [1.54, 1.807) is 32.3 Å². The largest absolute Gasteiger partial charge is 0.359 e. The molecule has 0 radical (unpaired) electrons. The van der Waals surface area contributed by atoms with Crippen molar-refractivity contribution in [2.24, 2.45) is 5.92 Å². The molecule has 0 aliphatic rings. The third kappa shape index (κ3) is 3.85. The number of rotatable bonds is 5. The first-order chi connectivity index (χ1) is 10.6. The molecule has 0 unspecified atom stereocenters. The topological polar surface area (TPSA) is 96.9 Å². The maximum Gasteiger partial charge on any atom is 0.254 e. The molecule has 2 heterocycles. The zero-order valence-corrected chi connectivity index (χ0v) is 12.4. The van der Waals surface area contributed by atoms with E-state index in [1.165, 1.54) is 12.4 Å². The highest BCUT2D eigenvalue weighted by molar-refractivity contribution is 5.94. The van der Waals surface area contributed by atoms with Crippen LogP contribution in [-0.2, 0) is 4.79 Å². The molecule has 1 atom stereocenters. The second kappa shape index (κ2) is 7.26. The zero-order valence-electron chi connectivity index (χ0n) is 12.4. The Morgan fingerprint density at radius 2 is 1.91 bits per heavy atom. The van der Waals surface area contributed by atoms with E-state index in [0.29, 0.717) is 17.1 Å². The molecule has 7 nitrogen and oxygen atoms in total. The minimum Gasteiger partial charge on any atom is -0.359 e. The molecule has 2 amide bonds. The fourth-order valence-electron chi connectivity index (χ4n) is 1.76. The van der Waals surface area contributed by atoms with Crippen molar-refractivity contribution in [1.29, 1.82) is 0 Å². The van der Waals surface area contributed by atoms with Crippen LogP contribution in [0.5, 0.6) is 0 Å². The molecule has 2 aromatic heterocycles. The van der Waals surface area contributed by atoms with Gasteiger partial charge in [0.2, 0.25) is 5.91 Å². The van der Waals surface area contributed by atoms with E-state index in [0.717, 1.165) is 0 Å². The van der Waals surface area contributed by atoms with Gasteiger partial charge in [0, 0.05) is 32.2 Å². The van der Waals surface area contributed by atoms with Crippen LogP contribution in [-0.4, -0.2) is 40.4 Å². The molecule has 0 aliphatic heterocycles. The number of hydrogen-bond acceptors (Lipinski definition) is 5. The molecule has 2 N–H and O–H groups in total. The van der Waals surface area contributed by atoms with E-state index in [2.05, 4.69) is 25.6 Å². The third-order valence-corrected chi connectivity index (χ3v) is 3.07. The van der Waals surface area contributed by atoms with Crippen molar-refractivity contribution in [2.45, 2.75) is 6.92 Å². The minimum absolute atomic E-state index is 0.123. The molecular formula is C15H17N5O2. The Morgan fingerprint density at radius 3 is 2.50 bits per heavy atom. The van der Waals surface area contributed by atoms with Gasteiger partial charge in [-0.05, 0) is 12.1 Å². The molecule has 0 bridgehead atoms. The standard InChI is InChI=1S/C15H17N5O2/c1-10(14(21)16-2)7-20-15(22)11-8-18-13(19-9-11)12-5-3-4-6-17-12/h3-6,8-10H,7H2,1-2H3,(H,16,21)(H,20,22)/t10-/m1/s1. The molecule has 0 aromatic carbocycles. The van der Waals surface area contributed by atoms with Gasteiger partial charge < -0.3 is 10.6 Å². The molecule has 2 rings (SSSR count). The second-order valence-electron chi connectivity index (χ2n) is 4.74. The smallest absolute Gasteiger partial charge is 0.254 e. The summed E-state index contributed by atoms with van der Waals surface area (Å²) in [5.41, 5.74) is 0.978. The van der Waals surface area contributed by atoms with E-state index < -0.39 is 0 Å². The van der Waals surface area contributed by atoms with Crippen molar-refractivity contribution in [3.63, 3.8) is 0 Å². The van der Waals surface area contributed by atoms with Gasteiger partial charge in [-0.15, -0.1) is 0 Å². The summed E-state index contributed by atoms with van der Waals surface area (Å²) >= 11 is 0. The van der Waals surface area contributed by atoms with Gasteiger partial charge in [0.1, 0.15) is 5.69 Å². The average molecular weight is 299 g/mol. The number of nitrogens with zero attached hydrogens (tertiary/aromatic N) is 3. The number of pyridine rings is 1. The molecule has 2 aromatic rings. The van der Waals surface area contributed by atoms with Crippen LogP contribution in [0, 0.1) is 5.92 Å². The van der Waals surface area contributed by atoms with Crippen LogP contribution in [0.25, 0.3) is 11.5 Å². The van der Waals surface area contributed by atoms with Gasteiger partial charge in [-0.2, -0.15) is 0 Å². The summed E-state index contributed by atoms with van der Waals surface area (Å²) in [4.78, 5) is 35.7. The summed E-state index contributed by atoms with van der Waals surface area (Å²) in [7, 11) is 1.56. The lowest BCUT2D eigenvalue weighted by Gasteiger charge is -2.11. The van der Waals surface area contributed by atoms with Crippen molar-refractivity contribution in [3.05, 3.63) is 42.4 Å². The van der Waals surface area contributed by atoms with Gasteiger partial charge in [-0.1, -0.05) is 13.0 Å². The van der Waals surface area contributed by atoms with Crippen molar-refractivity contribution >= 4 is 11.8 Å². The van der Waals surface area contributed by atoms with Gasteiger partial charge in [0.05, 0.1) is 11.5 Å². The quantitative estimate of drug-likeness (QED) is 0.845. The zero-order chi connectivity index (χ0) is 15.9. The first-order valence-electron chi connectivity index (χ1n) is 6.85. The fraction of sp³-hybridized carbons (Fsp3) is 0.267. The van der Waals surface area contributed by atoms with Gasteiger partial charge in [0.25, 0.3) is 5.91 Å². The van der Waals surface area contributed by atoms with Gasteiger partial charge >= 0.3 is 0 Å². The molecular weight excluding hydrogens is 282 g/mol. The Kier molecular flexibility index (Phi) is 5.13. The Hall–Kier alpha value is -2.83. The Labute approximate surface area is 128 Å². The molecule has 0 fully saturated rings. The average Bonchev–Trinajstić information content (AvgIpc) is 2.59. The van der Waals surface area contributed by atoms with Crippen LogP contribution in [0.3, 0.4) is 0 Å². The fourth-order valence-corrected chi connectivity index (χ4v) is 1.76. The monoisotopic (exact) mass is 299 g/mol. The van der Waals surface area contributed by atoms with Gasteiger partial charge in [-0.25, -0.2) is 9.97 Å². The summed E-state index contributed by atoms with van der Waals surface area (Å²) in [6, 6.07) is 5.44.